The lowest BCUT2D eigenvalue weighted by Crippen LogP contribution is -2.41. The lowest BCUT2D eigenvalue weighted by molar-refractivity contribution is 0.279. The van der Waals surface area contributed by atoms with Crippen LogP contribution < -0.4 is 4.74 Å². The van der Waals surface area contributed by atoms with Gasteiger partial charge in [-0.15, -0.1) is 0 Å². The number of sulfonamides is 1. The van der Waals surface area contributed by atoms with Gasteiger partial charge in [-0.05, 0) is 44.2 Å². The standard InChI is InChI=1S/C16H19BrN2O3S/c1-11-4-6-14-12(2)19(9-8-18(11)14)23(20,21)16-10-13(17)5-7-15(16)22-3/h4-7,10,12H,8-9H2,1-3H3/t12-/m1/s1. The highest BCUT2D eigenvalue weighted by Gasteiger charge is 2.36. The second-order valence-electron chi connectivity index (χ2n) is 5.64. The summed E-state index contributed by atoms with van der Waals surface area (Å²) in [5.74, 6) is 0.359. The first-order chi connectivity index (χ1) is 10.9. The van der Waals surface area contributed by atoms with E-state index in [0.717, 1.165) is 11.4 Å². The molecule has 0 N–H and O–H groups in total. The molecule has 1 aliphatic rings. The molecule has 124 valence electrons. The Morgan fingerprint density at radius 3 is 2.65 bits per heavy atom. The molecule has 0 radical (unpaired) electrons. The SMILES string of the molecule is COc1ccc(Br)cc1S(=O)(=O)N1CCn2c(C)ccc2[C@H]1C. The number of halogens is 1. The quantitative estimate of drug-likeness (QED) is 0.796. The summed E-state index contributed by atoms with van der Waals surface area (Å²) in [7, 11) is -2.16. The first-order valence-corrected chi connectivity index (χ1v) is 9.61. The maximum Gasteiger partial charge on any atom is 0.247 e. The molecule has 0 fully saturated rings. The molecule has 0 amide bonds. The minimum absolute atomic E-state index is 0.193. The fraction of sp³-hybridized carbons (Fsp3) is 0.375. The van der Waals surface area contributed by atoms with E-state index in [1.165, 1.54) is 7.11 Å². The monoisotopic (exact) mass is 398 g/mol. The third-order valence-electron chi connectivity index (χ3n) is 4.35. The second-order valence-corrected chi connectivity index (χ2v) is 8.41. The number of hydrogen-bond acceptors (Lipinski definition) is 3. The van der Waals surface area contributed by atoms with Crippen LogP contribution in [0.5, 0.6) is 5.75 Å². The van der Waals surface area contributed by atoms with Gasteiger partial charge < -0.3 is 9.30 Å². The molecule has 0 unspecified atom stereocenters. The number of aryl methyl sites for hydroxylation is 1. The molecule has 23 heavy (non-hydrogen) atoms. The highest BCUT2D eigenvalue weighted by atomic mass is 79.9. The Balaban J connectivity index is 2.06. The van der Waals surface area contributed by atoms with Crippen LogP contribution in [-0.4, -0.2) is 30.9 Å². The topological polar surface area (TPSA) is 51.5 Å². The molecule has 0 bridgehead atoms. The zero-order valence-corrected chi connectivity index (χ0v) is 15.7. The van der Waals surface area contributed by atoms with Crippen molar-refractivity contribution in [3.63, 3.8) is 0 Å². The Kier molecular flexibility index (Phi) is 4.29. The van der Waals surface area contributed by atoms with E-state index >= 15 is 0 Å². The van der Waals surface area contributed by atoms with Gasteiger partial charge in [0.05, 0.1) is 13.2 Å². The van der Waals surface area contributed by atoms with Crippen molar-refractivity contribution < 1.29 is 13.2 Å². The largest absolute Gasteiger partial charge is 0.495 e. The fourth-order valence-corrected chi connectivity index (χ4v) is 5.40. The number of nitrogens with zero attached hydrogens (tertiary/aromatic N) is 2. The van der Waals surface area contributed by atoms with Gasteiger partial charge in [-0.25, -0.2) is 8.42 Å². The molecule has 1 atom stereocenters. The summed E-state index contributed by atoms with van der Waals surface area (Å²) in [4.78, 5) is 0.193. The summed E-state index contributed by atoms with van der Waals surface area (Å²) in [5.41, 5.74) is 2.18. The van der Waals surface area contributed by atoms with Crippen LogP contribution in [0.3, 0.4) is 0 Å². The van der Waals surface area contributed by atoms with E-state index < -0.39 is 10.0 Å². The van der Waals surface area contributed by atoms with Gasteiger partial charge in [0.15, 0.2) is 0 Å². The minimum atomic E-state index is -3.64. The maximum atomic E-state index is 13.2. The number of ether oxygens (including phenoxy) is 1. The highest BCUT2D eigenvalue weighted by molar-refractivity contribution is 9.10. The number of benzene rings is 1. The normalized spacial score (nSPS) is 18.7. The van der Waals surface area contributed by atoms with Gasteiger partial charge in [-0.3, -0.25) is 0 Å². The Hall–Kier alpha value is -1.31. The van der Waals surface area contributed by atoms with Crippen molar-refractivity contribution in [2.24, 2.45) is 0 Å². The highest BCUT2D eigenvalue weighted by Crippen LogP contribution is 2.36. The van der Waals surface area contributed by atoms with Gasteiger partial charge in [0.2, 0.25) is 10.0 Å². The number of aromatic nitrogens is 1. The number of hydrogen-bond donors (Lipinski definition) is 0. The molecule has 1 aliphatic heterocycles. The summed E-state index contributed by atoms with van der Waals surface area (Å²) in [6, 6.07) is 8.84. The third kappa shape index (κ3) is 2.70. The van der Waals surface area contributed by atoms with E-state index in [4.69, 9.17) is 4.74 Å². The molecular weight excluding hydrogens is 380 g/mol. The number of rotatable bonds is 3. The molecule has 3 rings (SSSR count). The van der Waals surface area contributed by atoms with E-state index in [-0.39, 0.29) is 10.9 Å². The van der Waals surface area contributed by atoms with E-state index in [9.17, 15) is 8.42 Å². The molecule has 0 saturated heterocycles. The van der Waals surface area contributed by atoms with Crippen LogP contribution in [0.15, 0.2) is 39.7 Å². The molecule has 0 saturated carbocycles. The lowest BCUT2D eigenvalue weighted by Gasteiger charge is -2.34. The van der Waals surface area contributed by atoms with Gasteiger partial charge in [-0.1, -0.05) is 15.9 Å². The van der Waals surface area contributed by atoms with Gasteiger partial charge in [0, 0.05) is 29.0 Å². The fourth-order valence-electron chi connectivity index (χ4n) is 3.11. The third-order valence-corrected chi connectivity index (χ3v) is 6.83. The minimum Gasteiger partial charge on any atom is -0.495 e. The van der Waals surface area contributed by atoms with Gasteiger partial charge in [-0.2, -0.15) is 4.31 Å². The Bertz CT molecular complexity index is 845. The van der Waals surface area contributed by atoms with Gasteiger partial charge >= 0.3 is 0 Å². The molecule has 1 aromatic heterocycles. The molecule has 5 nitrogen and oxygen atoms in total. The van der Waals surface area contributed by atoms with Crippen molar-refractivity contribution in [2.75, 3.05) is 13.7 Å². The molecule has 1 aromatic carbocycles. The van der Waals surface area contributed by atoms with Crippen LogP contribution in [0.1, 0.15) is 24.4 Å². The van der Waals surface area contributed by atoms with E-state index in [1.807, 2.05) is 26.0 Å². The van der Waals surface area contributed by atoms with E-state index in [0.29, 0.717) is 23.3 Å². The van der Waals surface area contributed by atoms with Crippen molar-refractivity contribution in [3.8, 4) is 5.75 Å². The van der Waals surface area contributed by atoms with E-state index in [2.05, 4.69) is 20.5 Å². The molecule has 2 heterocycles. The molecule has 0 aliphatic carbocycles. The molecule has 2 aromatic rings. The number of fused-ring (bicyclic) bond motifs is 1. The zero-order chi connectivity index (χ0) is 16.8. The summed E-state index contributed by atoms with van der Waals surface area (Å²) in [6.45, 7) is 5.07. The summed E-state index contributed by atoms with van der Waals surface area (Å²) >= 11 is 3.34. The smallest absolute Gasteiger partial charge is 0.247 e. The van der Waals surface area contributed by atoms with Crippen molar-refractivity contribution in [1.82, 2.24) is 8.87 Å². The van der Waals surface area contributed by atoms with Crippen LogP contribution in [0.4, 0.5) is 0 Å². The van der Waals surface area contributed by atoms with E-state index in [1.54, 1.807) is 22.5 Å². The van der Waals surface area contributed by atoms with Gasteiger partial charge in [0.25, 0.3) is 0 Å². The predicted octanol–water partition coefficient (Wildman–Crippen LogP) is 3.33. The first-order valence-electron chi connectivity index (χ1n) is 7.37. The van der Waals surface area contributed by atoms with Crippen LogP contribution >= 0.6 is 15.9 Å². The first kappa shape index (κ1) is 16.5. The average Bonchev–Trinajstić information content (AvgIpc) is 2.90. The van der Waals surface area contributed by atoms with Crippen LogP contribution in [0, 0.1) is 6.92 Å². The van der Waals surface area contributed by atoms with Crippen molar-refractivity contribution in [2.45, 2.75) is 31.3 Å². The maximum absolute atomic E-state index is 13.2. The summed E-state index contributed by atoms with van der Waals surface area (Å²) < 4.78 is 36.0. The number of methoxy groups -OCH3 is 1. The van der Waals surface area contributed by atoms with Crippen LogP contribution in [0.25, 0.3) is 0 Å². The second kappa shape index (κ2) is 5.96. The Morgan fingerprint density at radius 2 is 1.96 bits per heavy atom. The van der Waals surface area contributed by atoms with Crippen molar-refractivity contribution in [1.29, 1.82) is 0 Å². The zero-order valence-electron chi connectivity index (χ0n) is 13.3. The van der Waals surface area contributed by atoms with Gasteiger partial charge in [0.1, 0.15) is 10.6 Å². The van der Waals surface area contributed by atoms with Crippen LogP contribution in [-0.2, 0) is 16.6 Å². The van der Waals surface area contributed by atoms with Crippen molar-refractivity contribution >= 4 is 26.0 Å². The summed E-state index contributed by atoms with van der Waals surface area (Å²) in [5, 5.41) is 0. The Labute approximate surface area is 145 Å². The Morgan fingerprint density at radius 1 is 1.22 bits per heavy atom. The van der Waals surface area contributed by atoms with Crippen LogP contribution in [0.2, 0.25) is 0 Å². The average molecular weight is 399 g/mol. The molecular formula is C16H19BrN2O3S. The summed E-state index contributed by atoms with van der Waals surface area (Å²) in [6.07, 6.45) is 0. The predicted molar refractivity (Wildman–Crippen MR) is 92.2 cm³/mol. The lowest BCUT2D eigenvalue weighted by atomic mass is 10.2. The van der Waals surface area contributed by atoms with Crippen molar-refractivity contribution in [3.05, 3.63) is 46.2 Å². The molecule has 0 spiro atoms. The molecule has 7 heteroatoms.